The lowest BCUT2D eigenvalue weighted by Gasteiger charge is -2.32. The first-order valence-corrected chi connectivity index (χ1v) is 7.27. The number of alkyl carbamates (subject to hydrolysis) is 1. The smallest absolute Gasteiger partial charge is 0.407 e. The largest absolute Gasteiger partial charge is 0.463 e. The van der Waals surface area contributed by atoms with E-state index in [0.29, 0.717) is 0 Å². The summed E-state index contributed by atoms with van der Waals surface area (Å²) in [6.45, 7) is 6.97. The minimum absolute atomic E-state index is 0.0683. The molecule has 0 unspecified atom stereocenters. The highest BCUT2D eigenvalue weighted by molar-refractivity contribution is 5.89. The molecule has 2 N–H and O–H groups in total. The fourth-order valence-corrected chi connectivity index (χ4v) is 2.15. The summed E-state index contributed by atoms with van der Waals surface area (Å²) in [6.07, 6.45) is -0.583. The lowest BCUT2D eigenvalue weighted by atomic mass is 9.88. The Morgan fingerprint density at radius 3 is 2.70 bits per heavy atom. The predicted molar refractivity (Wildman–Crippen MR) is 81.4 cm³/mol. The van der Waals surface area contributed by atoms with Crippen molar-refractivity contribution in [2.24, 2.45) is 5.11 Å². The zero-order valence-electron chi connectivity index (χ0n) is 13.6. The van der Waals surface area contributed by atoms with Crippen molar-refractivity contribution in [3.63, 3.8) is 0 Å². The maximum atomic E-state index is 11.9. The fraction of sp³-hybridized carbons (Fsp3) is 0.714. The Hall–Kier alpha value is -2.25. The molecule has 0 bridgehead atoms. The van der Waals surface area contributed by atoms with E-state index in [2.05, 4.69) is 15.3 Å². The molecule has 1 amide bonds. The van der Waals surface area contributed by atoms with Crippen molar-refractivity contribution in [3.05, 3.63) is 22.1 Å². The van der Waals surface area contributed by atoms with Crippen molar-refractivity contribution < 1.29 is 24.2 Å². The summed E-state index contributed by atoms with van der Waals surface area (Å²) in [7, 11) is 0. The Balaban J connectivity index is 2.93. The molecule has 3 atom stereocenters. The normalized spacial score (nSPS) is 24.0. The quantitative estimate of drug-likeness (QED) is 0.352. The van der Waals surface area contributed by atoms with Crippen LogP contribution in [0.3, 0.4) is 0 Å². The SMILES string of the molecule is CCOC(=O)C1=C[C@@H](O)[C@H](N=[N+]=[N-])[C@@H](NC(=O)OC(C)(C)C)C1. The molecule has 1 rings (SSSR count). The highest BCUT2D eigenvalue weighted by Gasteiger charge is 2.36. The van der Waals surface area contributed by atoms with Gasteiger partial charge in [-0.25, -0.2) is 9.59 Å². The Morgan fingerprint density at radius 2 is 2.17 bits per heavy atom. The average Bonchev–Trinajstić information content (AvgIpc) is 2.40. The number of nitrogens with one attached hydrogen (secondary N) is 1. The highest BCUT2D eigenvalue weighted by atomic mass is 16.6. The highest BCUT2D eigenvalue weighted by Crippen LogP contribution is 2.24. The molecular formula is C14H22N4O5. The first kappa shape index (κ1) is 18.8. The summed E-state index contributed by atoms with van der Waals surface area (Å²) in [5, 5.41) is 16.1. The number of hydrogen-bond acceptors (Lipinski definition) is 6. The third-order valence-corrected chi connectivity index (χ3v) is 3.00. The molecule has 0 heterocycles. The van der Waals surface area contributed by atoms with Gasteiger partial charge in [0.25, 0.3) is 0 Å². The summed E-state index contributed by atoms with van der Waals surface area (Å²) >= 11 is 0. The number of aliphatic hydroxyl groups excluding tert-OH is 1. The van der Waals surface area contributed by atoms with Crippen LogP contribution in [-0.4, -0.2) is 47.6 Å². The topological polar surface area (TPSA) is 134 Å². The van der Waals surface area contributed by atoms with Crippen LogP contribution in [0.1, 0.15) is 34.1 Å². The molecule has 9 heteroatoms. The summed E-state index contributed by atoms with van der Waals surface area (Å²) < 4.78 is 10.0. The van der Waals surface area contributed by atoms with Crippen LogP contribution in [0.15, 0.2) is 16.8 Å². The fourth-order valence-electron chi connectivity index (χ4n) is 2.15. The van der Waals surface area contributed by atoms with Gasteiger partial charge < -0.3 is 19.9 Å². The van der Waals surface area contributed by atoms with Crippen LogP contribution in [-0.2, 0) is 14.3 Å². The van der Waals surface area contributed by atoms with Gasteiger partial charge in [-0.1, -0.05) is 5.11 Å². The number of amides is 1. The van der Waals surface area contributed by atoms with E-state index in [9.17, 15) is 14.7 Å². The van der Waals surface area contributed by atoms with Crippen molar-refractivity contribution >= 4 is 12.1 Å². The van der Waals surface area contributed by atoms with Crippen LogP contribution in [0.2, 0.25) is 0 Å². The lowest BCUT2D eigenvalue weighted by Crippen LogP contribution is -2.51. The second-order valence-electron chi connectivity index (χ2n) is 6.06. The van der Waals surface area contributed by atoms with Crippen molar-refractivity contribution in [3.8, 4) is 0 Å². The van der Waals surface area contributed by atoms with E-state index in [1.165, 1.54) is 6.08 Å². The second-order valence-corrected chi connectivity index (χ2v) is 6.06. The van der Waals surface area contributed by atoms with Gasteiger partial charge in [-0.05, 0) is 39.3 Å². The van der Waals surface area contributed by atoms with Crippen LogP contribution in [0.5, 0.6) is 0 Å². The number of ether oxygens (including phenoxy) is 2. The molecule has 0 aromatic carbocycles. The average molecular weight is 326 g/mol. The van der Waals surface area contributed by atoms with Gasteiger partial charge in [-0.15, -0.1) is 0 Å². The molecule has 0 saturated heterocycles. The van der Waals surface area contributed by atoms with E-state index in [4.69, 9.17) is 15.0 Å². The van der Waals surface area contributed by atoms with Crippen LogP contribution in [0, 0.1) is 0 Å². The number of carbonyl (C=O) groups excluding carboxylic acids is 2. The number of hydrogen-bond donors (Lipinski definition) is 2. The number of nitrogens with zero attached hydrogens (tertiary/aromatic N) is 3. The van der Waals surface area contributed by atoms with Crippen molar-refractivity contribution in [1.29, 1.82) is 0 Å². The minimum Gasteiger partial charge on any atom is -0.463 e. The Bertz CT molecular complexity index is 534. The first-order valence-electron chi connectivity index (χ1n) is 7.27. The zero-order valence-corrected chi connectivity index (χ0v) is 13.6. The zero-order chi connectivity index (χ0) is 17.6. The molecule has 9 nitrogen and oxygen atoms in total. The number of rotatable bonds is 4. The molecule has 0 fully saturated rings. The molecule has 0 radical (unpaired) electrons. The molecule has 128 valence electrons. The van der Waals surface area contributed by atoms with Crippen LogP contribution >= 0.6 is 0 Å². The van der Waals surface area contributed by atoms with Crippen LogP contribution in [0.4, 0.5) is 4.79 Å². The van der Waals surface area contributed by atoms with Gasteiger partial charge in [0.1, 0.15) is 5.60 Å². The number of aliphatic hydroxyl groups is 1. The van der Waals surface area contributed by atoms with Gasteiger partial charge in [-0.3, -0.25) is 0 Å². The molecule has 0 aromatic rings. The van der Waals surface area contributed by atoms with E-state index in [-0.39, 0.29) is 18.6 Å². The third-order valence-electron chi connectivity index (χ3n) is 3.00. The standard InChI is InChI=1S/C14H22N4O5/c1-5-22-12(20)8-6-9(11(17-18-15)10(19)7-8)16-13(21)23-14(2,3)4/h7,9-11,19H,5-6H2,1-4H3,(H,16,21)/t9-,10+,11+/m0/s1. The van der Waals surface area contributed by atoms with Crippen LogP contribution < -0.4 is 5.32 Å². The minimum atomic E-state index is -1.21. The van der Waals surface area contributed by atoms with E-state index in [0.717, 1.165) is 0 Å². The van der Waals surface area contributed by atoms with Gasteiger partial charge in [-0.2, -0.15) is 0 Å². The van der Waals surface area contributed by atoms with E-state index in [1.54, 1.807) is 27.7 Å². The molecule has 1 aliphatic carbocycles. The van der Waals surface area contributed by atoms with Gasteiger partial charge in [0.05, 0.1) is 18.8 Å². The molecule has 0 saturated carbocycles. The first-order chi connectivity index (χ1) is 10.7. The molecule has 1 aliphatic rings. The Kier molecular flexibility index (Phi) is 6.41. The van der Waals surface area contributed by atoms with Gasteiger partial charge in [0.15, 0.2) is 0 Å². The summed E-state index contributed by atoms with van der Waals surface area (Å²) in [5.41, 5.74) is 8.13. The summed E-state index contributed by atoms with van der Waals surface area (Å²) in [5.74, 6) is -0.582. The number of esters is 1. The molecule has 0 aliphatic heterocycles. The van der Waals surface area contributed by atoms with E-state index < -0.39 is 35.9 Å². The molecule has 0 spiro atoms. The maximum Gasteiger partial charge on any atom is 0.407 e. The second kappa shape index (κ2) is 7.85. The monoisotopic (exact) mass is 326 g/mol. The number of carbonyl (C=O) groups is 2. The van der Waals surface area contributed by atoms with Crippen molar-refractivity contribution in [2.75, 3.05) is 6.61 Å². The Morgan fingerprint density at radius 1 is 1.52 bits per heavy atom. The lowest BCUT2D eigenvalue weighted by molar-refractivity contribution is -0.139. The molecule has 23 heavy (non-hydrogen) atoms. The maximum absolute atomic E-state index is 11.9. The van der Waals surface area contributed by atoms with Gasteiger partial charge >= 0.3 is 12.1 Å². The van der Waals surface area contributed by atoms with Crippen LogP contribution in [0.25, 0.3) is 10.4 Å². The summed E-state index contributed by atoms with van der Waals surface area (Å²) in [6, 6.07) is -1.72. The van der Waals surface area contributed by atoms with Crippen molar-refractivity contribution in [1.82, 2.24) is 5.32 Å². The third kappa shape index (κ3) is 5.80. The van der Waals surface area contributed by atoms with Gasteiger partial charge in [0, 0.05) is 22.9 Å². The van der Waals surface area contributed by atoms with E-state index in [1.807, 2.05) is 0 Å². The molecular weight excluding hydrogens is 304 g/mol. The Labute approximate surface area is 134 Å². The molecule has 0 aromatic heterocycles. The van der Waals surface area contributed by atoms with Crippen molar-refractivity contribution in [2.45, 2.75) is 57.9 Å². The van der Waals surface area contributed by atoms with E-state index >= 15 is 0 Å². The predicted octanol–water partition coefficient (Wildman–Crippen LogP) is 1.81. The number of azide groups is 1. The summed E-state index contributed by atoms with van der Waals surface area (Å²) in [4.78, 5) is 26.4. The van der Waals surface area contributed by atoms with Gasteiger partial charge in [0.2, 0.25) is 0 Å².